The highest BCUT2D eigenvalue weighted by Crippen LogP contribution is 2.24. The van der Waals surface area contributed by atoms with E-state index in [1.54, 1.807) is 6.07 Å². The van der Waals surface area contributed by atoms with Crippen molar-refractivity contribution in [3.63, 3.8) is 0 Å². The lowest BCUT2D eigenvalue weighted by Crippen LogP contribution is -2.20. The van der Waals surface area contributed by atoms with Crippen LogP contribution in [-0.2, 0) is 9.59 Å². The van der Waals surface area contributed by atoms with Crippen LogP contribution in [0.1, 0.15) is 11.1 Å². The van der Waals surface area contributed by atoms with Gasteiger partial charge in [-0.1, -0.05) is 36.4 Å². The molecule has 0 atom stereocenters. The Labute approximate surface area is 226 Å². The van der Waals surface area contributed by atoms with Gasteiger partial charge in [0.05, 0.1) is 11.0 Å². The second-order valence-corrected chi connectivity index (χ2v) is 9.10. The van der Waals surface area contributed by atoms with Gasteiger partial charge < -0.3 is 25.1 Å². The Morgan fingerprint density at radius 3 is 1.85 bits per heavy atom. The van der Waals surface area contributed by atoms with Gasteiger partial charge in [-0.25, -0.2) is 4.98 Å². The summed E-state index contributed by atoms with van der Waals surface area (Å²) in [4.78, 5) is 32.7. The number of aromatic nitrogens is 2. The quantitative estimate of drug-likeness (QED) is 0.225. The summed E-state index contributed by atoms with van der Waals surface area (Å²) in [5, 5.41) is 5.70. The third kappa shape index (κ3) is 6.42. The van der Waals surface area contributed by atoms with Gasteiger partial charge in [0.15, 0.2) is 13.2 Å². The van der Waals surface area contributed by atoms with Crippen molar-refractivity contribution in [3.8, 4) is 22.9 Å². The van der Waals surface area contributed by atoms with Crippen molar-refractivity contribution in [1.82, 2.24) is 9.97 Å². The van der Waals surface area contributed by atoms with E-state index in [1.807, 2.05) is 98.8 Å². The molecule has 5 rings (SSSR count). The van der Waals surface area contributed by atoms with Crippen molar-refractivity contribution >= 4 is 34.2 Å². The maximum Gasteiger partial charge on any atom is 0.262 e. The molecular formula is C31H28N4O4. The van der Waals surface area contributed by atoms with E-state index in [1.165, 1.54) is 0 Å². The molecule has 196 valence electrons. The summed E-state index contributed by atoms with van der Waals surface area (Å²) in [7, 11) is 0. The van der Waals surface area contributed by atoms with E-state index in [0.717, 1.165) is 27.7 Å². The molecule has 0 spiro atoms. The van der Waals surface area contributed by atoms with Crippen molar-refractivity contribution in [2.45, 2.75) is 13.8 Å². The van der Waals surface area contributed by atoms with Gasteiger partial charge in [0.2, 0.25) is 0 Å². The normalized spacial score (nSPS) is 10.7. The predicted molar refractivity (Wildman–Crippen MR) is 152 cm³/mol. The number of anilines is 2. The fourth-order valence-corrected chi connectivity index (χ4v) is 4.05. The highest BCUT2D eigenvalue weighted by Gasteiger charge is 2.10. The summed E-state index contributed by atoms with van der Waals surface area (Å²) in [6.45, 7) is 3.71. The number of benzene rings is 4. The topological polar surface area (TPSA) is 105 Å². The van der Waals surface area contributed by atoms with E-state index < -0.39 is 0 Å². The molecule has 4 aromatic carbocycles. The lowest BCUT2D eigenvalue weighted by molar-refractivity contribution is -0.118. The van der Waals surface area contributed by atoms with Crippen molar-refractivity contribution < 1.29 is 19.1 Å². The van der Waals surface area contributed by atoms with Crippen molar-refractivity contribution in [1.29, 1.82) is 0 Å². The largest absolute Gasteiger partial charge is 0.483 e. The standard InChI is InChI=1S/C31H28N4O4/c1-20-7-3-5-9-27(20)38-18-29(36)32-23-13-11-22(12-14-23)31-34-25-16-15-24(17-26(25)35-31)33-30(37)19-39-28-10-6-4-8-21(28)2/h3-17H,18-19H2,1-2H3,(H,32,36)(H,33,37)(H,34,35). The summed E-state index contributed by atoms with van der Waals surface area (Å²) in [5.41, 5.74) is 5.66. The summed E-state index contributed by atoms with van der Waals surface area (Å²) < 4.78 is 11.2. The number of nitrogens with one attached hydrogen (secondary N) is 3. The van der Waals surface area contributed by atoms with Crippen LogP contribution in [0.25, 0.3) is 22.4 Å². The fourth-order valence-electron chi connectivity index (χ4n) is 4.05. The van der Waals surface area contributed by atoms with Gasteiger partial charge in [-0.3, -0.25) is 9.59 Å². The molecule has 3 N–H and O–H groups in total. The lowest BCUT2D eigenvalue weighted by atomic mass is 10.2. The molecule has 0 fully saturated rings. The second-order valence-electron chi connectivity index (χ2n) is 9.10. The Morgan fingerprint density at radius 1 is 0.718 bits per heavy atom. The minimum absolute atomic E-state index is 0.0763. The molecule has 39 heavy (non-hydrogen) atoms. The molecule has 0 bridgehead atoms. The molecule has 0 aliphatic heterocycles. The van der Waals surface area contributed by atoms with Crippen LogP contribution in [0.4, 0.5) is 11.4 Å². The monoisotopic (exact) mass is 520 g/mol. The number of carbonyl (C=O) groups excluding carboxylic acids is 2. The van der Waals surface area contributed by atoms with Crippen LogP contribution in [0.5, 0.6) is 11.5 Å². The Kier molecular flexibility index (Phi) is 7.54. The summed E-state index contributed by atoms with van der Waals surface area (Å²) in [5.74, 6) is 1.55. The molecule has 8 heteroatoms. The van der Waals surface area contributed by atoms with Gasteiger partial charge in [0.1, 0.15) is 17.3 Å². The Balaban J connectivity index is 1.18. The summed E-state index contributed by atoms with van der Waals surface area (Å²) in [6, 6.07) is 28.0. The zero-order chi connectivity index (χ0) is 27.2. The number of fused-ring (bicyclic) bond motifs is 1. The highest BCUT2D eigenvalue weighted by molar-refractivity contribution is 5.94. The minimum Gasteiger partial charge on any atom is -0.483 e. The minimum atomic E-state index is -0.251. The number of hydrogen-bond acceptors (Lipinski definition) is 5. The molecule has 0 unspecified atom stereocenters. The fraction of sp³-hybridized carbons (Fsp3) is 0.129. The average molecular weight is 521 g/mol. The number of hydrogen-bond donors (Lipinski definition) is 3. The molecule has 8 nitrogen and oxygen atoms in total. The van der Waals surface area contributed by atoms with Crippen LogP contribution in [0.3, 0.4) is 0 Å². The van der Waals surface area contributed by atoms with Crippen molar-refractivity contribution in [2.75, 3.05) is 23.8 Å². The van der Waals surface area contributed by atoms with Crippen LogP contribution < -0.4 is 20.1 Å². The van der Waals surface area contributed by atoms with Crippen molar-refractivity contribution in [2.24, 2.45) is 0 Å². The van der Waals surface area contributed by atoms with Gasteiger partial charge in [0.25, 0.3) is 11.8 Å². The molecule has 0 radical (unpaired) electrons. The number of aryl methyl sites for hydroxylation is 2. The van der Waals surface area contributed by atoms with Gasteiger partial charge >= 0.3 is 0 Å². The molecule has 0 aliphatic rings. The van der Waals surface area contributed by atoms with Crippen LogP contribution in [0.15, 0.2) is 91.0 Å². The van der Waals surface area contributed by atoms with E-state index >= 15 is 0 Å². The van der Waals surface area contributed by atoms with E-state index in [9.17, 15) is 9.59 Å². The highest BCUT2D eigenvalue weighted by atomic mass is 16.5. The zero-order valence-electron chi connectivity index (χ0n) is 21.7. The SMILES string of the molecule is Cc1ccccc1OCC(=O)Nc1ccc(-c2nc3ccc(NC(=O)COc4ccccc4C)cc3[nH]2)cc1. The molecular weight excluding hydrogens is 492 g/mol. The number of nitrogens with zero attached hydrogens (tertiary/aromatic N) is 1. The Morgan fingerprint density at radius 2 is 1.26 bits per heavy atom. The smallest absolute Gasteiger partial charge is 0.262 e. The van der Waals surface area contributed by atoms with E-state index in [2.05, 4.69) is 20.6 Å². The average Bonchev–Trinajstić information content (AvgIpc) is 3.36. The van der Waals surface area contributed by atoms with Gasteiger partial charge in [-0.05, 0) is 79.6 Å². The molecule has 1 heterocycles. The Bertz CT molecular complexity index is 1630. The first-order valence-electron chi connectivity index (χ1n) is 12.5. The molecule has 0 saturated carbocycles. The third-order valence-corrected chi connectivity index (χ3v) is 6.11. The molecule has 1 aromatic heterocycles. The number of carbonyl (C=O) groups is 2. The maximum atomic E-state index is 12.4. The number of rotatable bonds is 9. The number of amides is 2. The van der Waals surface area contributed by atoms with Crippen LogP contribution in [-0.4, -0.2) is 35.0 Å². The first kappa shape index (κ1) is 25.5. The summed E-state index contributed by atoms with van der Waals surface area (Å²) in [6.07, 6.45) is 0. The molecule has 0 saturated heterocycles. The lowest BCUT2D eigenvalue weighted by Gasteiger charge is -2.09. The van der Waals surface area contributed by atoms with E-state index in [-0.39, 0.29) is 25.0 Å². The van der Waals surface area contributed by atoms with Gasteiger partial charge in [-0.2, -0.15) is 0 Å². The molecule has 0 aliphatic carbocycles. The van der Waals surface area contributed by atoms with Gasteiger partial charge in [0, 0.05) is 16.9 Å². The number of ether oxygens (including phenoxy) is 2. The predicted octanol–water partition coefficient (Wildman–Crippen LogP) is 5.88. The molecule has 2 amide bonds. The zero-order valence-corrected chi connectivity index (χ0v) is 21.7. The van der Waals surface area contributed by atoms with Crippen LogP contribution in [0.2, 0.25) is 0 Å². The van der Waals surface area contributed by atoms with E-state index in [0.29, 0.717) is 28.7 Å². The first-order chi connectivity index (χ1) is 18.9. The van der Waals surface area contributed by atoms with Crippen molar-refractivity contribution in [3.05, 3.63) is 102 Å². The van der Waals surface area contributed by atoms with Gasteiger partial charge in [-0.15, -0.1) is 0 Å². The number of aromatic amines is 1. The number of imidazole rings is 1. The first-order valence-corrected chi connectivity index (χ1v) is 12.5. The number of H-pyrrole nitrogens is 1. The third-order valence-electron chi connectivity index (χ3n) is 6.11. The summed E-state index contributed by atoms with van der Waals surface area (Å²) >= 11 is 0. The second kappa shape index (κ2) is 11.5. The maximum absolute atomic E-state index is 12.4. The Hall–Kier alpha value is -5.11. The van der Waals surface area contributed by atoms with Crippen LogP contribution in [0, 0.1) is 13.8 Å². The van der Waals surface area contributed by atoms with E-state index in [4.69, 9.17) is 9.47 Å². The number of para-hydroxylation sites is 2. The molecule has 5 aromatic rings. The van der Waals surface area contributed by atoms with Crippen LogP contribution >= 0.6 is 0 Å².